The minimum Gasteiger partial charge on any atom is -0.378 e. The Kier molecular flexibility index (Phi) is 5.26. The minimum absolute atomic E-state index is 0.178. The van der Waals surface area contributed by atoms with Crippen molar-refractivity contribution in [2.75, 3.05) is 14.2 Å². The van der Waals surface area contributed by atoms with Crippen molar-refractivity contribution >= 4 is 0 Å². The molecule has 0 aliphatic rings. The summed E-state index contributed by atoms with van der Waals surface area (Å²) in [6.07, 6.45) is 4.32. The highest BCUT2D eigenvalue weighted by molar-refractivity contribution is 4.91. The fourth-order valence-electron chi connectivity index (χ4n) is 0.470. The second kappa shape index (κ2) is 5.45. The molecule has 0 aliphatic heterocycles. The van der Waals surface area contributed by atoms with Crippen molar-refractivity contribution in [2.24, 2.45) is 0 Å². The van der Waals surface area contributed by atoms with Gasteiger partial charge in [0, 0.05) is 14.2 Å². The first-order valence-corrected chi connectivity index (χ1v) is 3.44. The van der Waals surface area contributed by atoms with Crippen molar-refractivity contribution < 1.29 is 9.47 Å². The Morgan fingerprint density at radius 3 is 1.40 bits per heavy atom. The van der Waals surface area contributed by atoms with Crippen LogP contribution in [0.4, 0.5) is 0 Å². The van der Waals surface area contributed by atoms with Crippen LogP contribution in [0.3, 0.4) is 0 Å². The van der Waals surface area contributed by atoms with Crippen LogP contribution in [0, 0.1) is 0 Å². The normalized spacial score (nSPS) is 17.6. The summed E-state index contributed by atoms with van der Waals surface area (Å²) in [5.41, 5.74) is 0. The molecule has 0 N–H and O–H groups in total. The highest BCUT2D eigenvalue weighted by Gasteiger charge is 1.93. The summed E-state index contributed by atoms with van der Waals surface area (Å²) < 4.78 is 10.0. The predicted molar refractivity (Wildman–Crippen MR) is 42.1 cm³/mol. The molecule has 0 fully saturated rings. The van der Waals surface area contributed by atoms with E-state index in [4.69, 9.17) is 9.47 Å². The van der Waals surface area contributed by atoms with Crippen LogP contribution in [0.15, 0.2) is 12.2 Å². The van der Waals surface area contributed by atoms with E-state index in [9.17, 15) is 0 Å². The summed E-state index contributed by atoms with van der Waals surface area (Å²) in [7, 11) is 3.37. The predicted octanol–water partition coefficient (Wildman–Crippen LogP) is 1.61. The maximum Gasteiger partial charge on any atom is 0.0724 e. The van der Waals surface area contributed by atoms with Gasteiger partial charge in [0.1, 0.15) is 0 Å². The van der Waals surface area contributed by atoms with Gasteiger partial charge < -0.3 is 9.47 Å². The van der Waals surface area contributed by atoms with Crippen LogP contribution in [0.5, 0.6) is 0 Å². The lowest BCUT2D eigenvalue weighted by Crippen LogP contribution is -2.04. The largest absolute Gasteiger partial charge is 0.378 e. The summed E-state index contributed by atoms with van der Waals surface area (Å²) in [4.78, 5) is 0. The van der Waals surface area contributed by atoms with Gasteiger partial charge in [0.15, 0.2) is 0 Å². The zero-order valence-electron chi connectivity index (χ0n) is 7.13. The summed E-state index contributed by atoms with van der Waals surface area (Å²) in [6, 6.07) is 0. The van der Waals surface area contributed by atoms with Crippen molar-refractivity contribution in [3.8, 4) is 0 Å². The fraction of sp³-hybridized carbons (Fsp3) is 0.750. The van der Waals surface area contributed by atoms with Gasteiger partial charge in [0.2, 0.25) is 0 Å². The van der Waals surface area contributed by atoms with Gasteiger partial charge in [0.05, 0.1) is 12.2 Å². The summed E-state index contributed by atoms with van der Waals surface area (Å²) in [5.74, 6) is 0. The molecule has 0 saturated carbocycles. The monoisotopic (exact) mass is 144 g/mol. The molecule has 0 rings (SSSR count). The van der Waals surface area contributed by atoms with Crippen molar-refractivity contribution in [2.45, 2.75) is 26.1 Å². The molecule has 60 valence electrons. The first-order chi connectivity index (χ1) is 4.70. The van der Waals surface area contributed by atoms with E-state index in [1.54, 1.807) is 14.2 Å². The van der Waals surface area contributed by atoms with Crippen LogP contribution in [0.1, 0.15) is 13.8 Å². The summed E-state index contributed by atoms with van der Waals surface area (Å²) in [6.45, 7) is 3.97. The molecule has 10 heavy (non-hydrogen) atoms. The molecule has 0 bridgehead atoms. The van der Waals surface area contributed by atoms with Crippen molar-refractivity contribution in [3.63, 3.8) is 0 Å². The number of hydrogen-bond acceptors (Lipinski definition) is 2. The van der Waals surface area contributed by atoms with Crippen LogP contribution in [0.2, 0.25) is 0 Å². The lowest BCUT2D eigenvalue weighted by atomic mass is 10.3. The standard InChI is InChI=1S/C8H16O2/c1-7(9-3)5-6-8(2)10-4/h5-8H,1-4H3. The average Bonchev–Trinajstić information content (AvgIpc) is 1.99. The van der Waals surface area contributed by atoms with E-state index < -0.39 is 0 Å². The lowest BCUT2D eigenvalue weighted by molar-refractivity contribution is 0.143. The maximum absolute atomic E-state index is 5.00. The zero-order chi connectivity index (χ0) is 7.98. The highest BCUT2D eigenvalue weighted by atomic mass is 16.5. The van der Waals surface area contributed by atoms with E-state index in [0.29, 0.717) is 0 Å². The topological polar surface area (TPSA) is 18.5 Å². The van der Waals surface area contributed by atoms with E-state index in [0.717, 1.165) is 0 Å². The molecular weight excluding hydrogens is 128 g/mol. The Morgan fingerprint density at radius 1 is 0.900 bits per heavy atom. The van der Waals surface area contributed by atoms with Gasteiger partial charge in [-0.3, -0.25) is 0 Å². The zero-order valence-corrected chi connectivity index (χ0v) is 7.13. The third kappa shape index (κ3) is 4.53. The minimum atomic E-state index is 0.178. The molecule has 0 saturated heterocycles. The van der Waals surface area contributed by atoms with Crippen LogP contribution in [-0.4, -0.2) is 26.4 Å². The Labute approximate surface area is 62.8 Å². The van der Waals surface area contributed by atoms with Gasteiger partial charge in [-0.1, -0.05) is 12.2 Å². The SMILES string of the molecule is COC(C)C=CC(C)OC. The Bertz CT molecular complexity index is 87.4. The second-order valence-corrected chi connectivity index (χ2v) is 2.27. The third-order valence-corrected chi connectivity index (χ3v) is 1.40. The van der Waals surface area contributed by atoms with E-state index in [1.165, 1.54) is 0 Å². The van der Waals surface area contributed by atoms with Gasteiger partial charge >= 0.3 is 0 Å². The van der Waals surface area contributed by atoms with Crippen molar-refractivity contribution in [3.05, 3.63) is 12.2 Å². The molecule has 0 heterocycles. The average molecular weight is 144 g/mol. The second-order valence-electron chi connectivity index (χ2n) is 2.27. The molecule has 2 unspecified atom stereocenters. The van der Waals surface area contributed by atoms with Gasteiger partial charge in [-0.05, 0) is 13.8 Å². The van der Waals surface area contributed by atoms with Crippen molar-refractivity contribution in [1.29, 1.82) is 0 Å². The molecule has 0 aromatic heterocycles. The van der Waals surface area contributed by atoms with Crippen molar-refractivity contribution in [1.82, 2.24) is 0 Å². The number of rotatable bonds is 4. The molecular formula is C8H16O2. The third-order valence-electron chi connectivity index (χ3n) is 1.40. The van der Waals surface area contributed by atoms with Gasteiger partial charge in [0.25, 0.3) is 0 Å². The molecule has 0 aromatic rings. The Balaban J connectivity index is 3.52. The van der Waals surface area contributed by atoms with Crippen LogP contribution >= 0.6 is 0 Å². The molecule has 2 heteroatoms. The number of methoxy groups -OCH3 is 2. The van der Waals surface area contributed by atoms with Crippen LogP contribution in [0.25, 0.3) is 0 Å². The molecule has 0 radical (unpaired) electrons. The van der Waals surface area contributed by atoms with Gasteiger partial charge in [-0.25, -0.2) is 0 Å². The molecule has 0 aliphatic carbocycles. The highest BCUT2D eigenvalue weighted by Crippen LogP contribution is 1.94. The van der Waals surface area contributed by atoms with Gasteiger partial charge in [-0.2, -0.15) is 0 Å². The fourth-order valence-corrected chi connectivity index (χ4v) is 0.470. The van der Waals surface area contributed by atoms with Gasteiger partial charge in [-0.15, -0.1) is 0 Å². The van der Waals surface area contributed by atoms with Crippen LogP contribution < -0.4 is 0 Å². The summed E-state index contributed by atoms with van der Waals surface area (Å²) in [5, 5.41) is 0. The smallest absolute Gasteiger partial charge is 0.0724 e. The quantitative estimate of drug-likeness (QED) is 0.558. The molecule has 2 atom stereocenters. The van der Waals surface area contributed by atoms with E-state index in [-0.39, 0.29) is 12.2 Å². The molecule has 2 nitrogen and oxygen atoms in total. The first kappa shape index (κ1) is 9.66. The van der Waals surface area contributed by atoms with E-state index in [2.05, 4.69) is 0 Å². The number of hydrogen-bond donors (Lipinski definition) is 0. The summed E-state index contributed by atoms with van der Waals surface area (Å²) >= 11 is 0. The molecule has 0 amide bonds. The van der Waals surface area contributed by atoms with E-state index in [1.807, 2.05) is 26.0 Å². The molecule has 0 spiro atoms. The molecule has 0 aromatic carbocycles. The first-order valence-electron chi connectivity index (χ1n) is 3.44. The Hall–Kier alpha value is -0.340. The van der Waals surface area contributed by atoms with E-state index >= 15 is 0 Å². The maximum atomic E-state index is 5.00. The lowest BCUT2D eigenvalue weighted by Gasteiger charge is -2.05. The number of ether oxygens (including phenoxy) is 2. The van der Waals surface area contributed by atoms with Crippen LogP contribution in [-0.2, 0) is 9.47 Å². The Morgan fingerprint density at radius 2 is 1.20 bits per heavy atom.